The molecular weight excluding hydrogens is 272 g/mol. The van der Waals surface area contributed by atoms with Crippen LogP contribution in [0.2, 0.25) is 0 Å². The molecule has 1 aromatic rings. The predicted molar refractivity (Wildman–Crippen MR) is 77.0 cm³/mol. The number of carbonyl (C=O) groups excluding carboxylic acids is 1. The van der Waals surface area contributed by atoms with E-state index >= 15 is 0 Å². The molecule has 1 atom stereocenters. The average molecular weight is 292 g/mol. The predicted octanol–water partition coefficient (Wildman–Crippen LogP) is 1.10. The van der Waals surface area contributed by atoms with E-state index in [1.165, 1.54) is 4.90 Å². The molecule has 21 heavy (non-hydrogen) atoms. The van der Waals surface area contributed by atoms with Gasteiger partial charge in [0.25, 0.3) is 0 Å². The van der Waals surface area contributed by atoms with Gasteiger partial charge in [0.15, 0.2) is 0 Å². The number of nitrogens with zero attached hydrogens (tertiary/aromatic N) is 2. The molecule has 0 spiro atoms. The fraction of sp³-hybridized carbons (Fsp3) is 0.467. The zero-order valence-electron chi connectivity index (χ0n) is 12.0. The van der Waals surface area contributed by atoms with E-state index in [-0.39, 0.29) is 25.7 Å². The van der Waals surface area contributed by atoms with Gasteiger partial charge in [-0.25, -0.2) is 4.79 Å². The molecule has 1 aliphatic heterocycles. The highest BCUT2D eigenvalue weighted by Crippen LogP contribution is 2.29. The van der Waals surface area contributed by atoms with Crippen LogP contribution in [0.5, 0.6) is 0 Å². The quantitative estimate of drug-likeness (QED) is 0.871. The number of likely N-dealkylation sites (N-methyl/N-ethyl adjacent to an activating group) is 1. The first-order chi connectivity index (χ1) is 10.1. The van der Waals surface area contributed by atoms with Crippen LogP contribution in [-0.2, 0) is 11.3 Å². The highest BCUT2D eigenvalue weighted by atomic mass is 16.4. The molecule has 0 aliphatic carbocycles. The standard InChI is InChI=1S/C15H20N2O4/c1-2-16(7-8-18)15(21)17-9-11-5-3-4-6-12(11)13(10-17)14(19)20/h3-6,13,18H,2,7-10H2,1H3,(H,19,20). The van der Waals surface area contributed by atoms with Crippen molar-refractivity contribution in [3.63, 3.8) is 0 Å². The summed E-state index contributed by atoms with van der Waals surface area (Å²) in [6.07, 6.45) is 0. The number of carbonyl (C=O) groups is 2. The molecular formula is C15H20N2O4. The topological polar surface area (TPSA) is 81.1 Å². The molecule has 2 N–H and O–H groups in total. The van der Waals surface area contributed by atoms with Gasteiger partial charge in [0.1, 0.15) is 0 Å². The molecule has 1 heterocycles. The fourth-order valence-corrected chi connectivity index (χ4v) is 2.67. The Morgan fingerprint density at radius 1 is 1.38 bits per heavy atom. The Hall–Kier alpha value is -2.08. The number of carboxylic acids is 1. The number of aliphatic hydroxyl groups excluding tert-OH is 1. The summed E-state index contributed by atoms with van der Waals surface area (Å²) in [5.41, 5.74) is 1.64. The van der Waals surface area contributed by atoms with Crippen molar-refractivity contribution < 1.29 is 19.8 Å². The van der Waals surface area contributed by atoms with Gasteiger partial charge in [-0.2, -0.15) is 0 Å². The van der Waals surface area contributed by atoms with Crippen molar-refractivity contribution in [2.75, 3.05) is 26.2 Å². The number of carboxylic acid groups (broad SMARTS) is 1. The molecule has 1 aromatic carbocycles. The third-order valence-corrected chi connectivity index (χ3v) is 3.79. The van der Waals surface area contributed by atoms with Crippen molar-refractivity contribution >= 4 is 12.0 Å². The molecule has 2 rings (SSSR count). The normalized spacial score (nSPS) is 17.2. The zero-order chi connectivity index (χ0) is 15.4. The minimum Gasteiger partial charge on any atom is -0.481 e. The average Bonchev–Trinajstić information content (AvgIpc) is 2.50. The molecule has 6 heteroatoms. The van der Waals surface area contributed by atoms with E-state index in [1.54, 1.807) is 11.0 Å². The van der Waals surface area contributed by atoms with E-state index in [4.69, 9.17) is 5.11 Å². The van der Waals surface area contributed by atoms with Gasteiger partial charge in [-0.1, -0.05) is 24.3 Å². The van der Waals surface area contributed by atoms with Crippen molar-refractivity contribution in [2.24, 2.45) is 0 Å². The molecule has 114 valence electrons. The van der Waals surface area contributed by atoms with Gasteiger partial charge >= 0.3 is 12.0 Å². The zero-order valence-corrected chi connectivity index (χ0v) is 12.0. The largest absolute Gasteiger partial charge is 0.481 e. The van der Waals surface area contributed by atoms with Crippen LogP contribution in [0, 0.1) is 0 Å². The smallest absolute Gasteiger partial charge is 0.320 e. The third-order valence-electron chi connectivity index (χ3n) is 3.79. The maximum Gasteiger partial charge on any atom is 0.320 e. The van der Waals surface area contributed by atoms with E-state index in [0.29, 0.717) is 13.1 Å². The summed E-state index contributed by atoms with van der Waals surface area (Å²) in [5.74, 6) is -1.63. The molecule has 0 saturated heterocycles. The van der Waals surface area contributed by atoms with Crippen LogP contribution in [-0.4, -0.2) is 58.3 Å². The van der Waals surface area contributed by atoms with E-state index in [1.807, 2.05) is 25.1 Å². The van der Waals surface area contributed by atoms with Crippen molar-refractivity contribution in [1.29, 1.82) is 0 Å². The molecule has 0 aromatic heterocycles. The first-order valence-corrected chi connectivity index (χ1v) is 7.03. The Morgan fingerprint density at radius 2 is 2.10 bits per heavy atom. The van der Waals surface area contributed by atoms with Gasteiger partial charge in [-0.3, -0.25) is 4.79 Å². The maximum absolute atomic E-state index is 12.4. The Balaban J connectivity index is 2.25. The summed E-state index contributed by atoms with van der Waals surface area (Å²) in [5, 5.41) is 18.4. The number of aliphatic hydroxyl groups is 1. The fourth-order valence-electron chi connectivity index (χ4n) is 2.67. The van der Waals surface area contributed by atoms with E-state index in [0.717, 1.165) is 11.1 Å². The highest BCUT2D eigenvalue weighted by Gasteiger charge is 2.33. The summed E-state index contributed by atoms with van der Waals surface area (Å²) < 4.78 is 0. The van der Waals surface area contributed by atoms with Crippen molar-refractivity contribution in [3.8, 4) is 0 Å². The monoisotopic (exact) mass is 292 g/mol. The second-order valence-corrected chi connectivity index (χ2v) is 5.06. The molecule has 6 nitrogen and oxygen atoms in total. The van der Waals surface area contributed by atoms with Crippen LogP contribution in [0.15, 0.2) is 24.3 Å². The molecule has 0 radical (unpaired) electrons. The van der Waals surface area contributed by atoms with Crippen LogP contribution < -0.4 is 0 Å². The van der Waals surface area contributed by atoms with Gasteiger partial charge in [0.05, 0.1) is 12.5 Å². The van der Waals surface area contributed by atoms with Crippen molar-refractivity contribution in [1.82, 2.24) is 9.80 Å². The van der Waals surface area contributed by atoms with Crippen LogP contribution in [0.4, 0.5) is 4.79 Å². The Kier molecular flexibility index (Phi) is 4.80. The summed E-state index contributed by atoms with van der Waals surface area (Å²) in [4.78, 5) is 27.0. The Labute approximate surface area is 123 Å². The van der Waals surface area contributed by atoms with E-state index in [2.05, 4.69) is 0 Å². The van der Waals surface area contributed by atoms with Crippen LogP contribution >= 0.6 is 0 Å². The van der Waals surface area contributed by atoms with Gasteiger partial charge in [-0.05, 0) is 18.1 Å². The first-order valence-electron chi connectivity index (χ1n) is 7.03. The SMILES string of the molecule is CCN(CCO)C(=O)N1Cc2ccccc2C(C(=O)O)C1. The molecule has 1 unspecified atom stereocenters. The summed E-state index contributed by atoms with van der Waals surface area (Å²) >= 11 is 0. The van der Waals surface area contributed by atoms with E-state index < -0.39 is 11.9 Å². The van der Waals surface area contributed by atoms with Gasteiger partial charge in [-0.15, -0.1) is 0 Å². The van der Waals surface area contributed by atoms with Crippen LogP contribution in [0.3, 0.4) is 0 Å². The third kappa shape index (κ3) is 3.16. The number of amides is 2. The van der Waals surface area contributed by atoms with Crippen molar-refractivity contribution in [2.45, 2.75) is 19.4 Å². The number of benzene rings is 1. The summed E-state index contributed by atoms with van der Waals surface area (Å²) in [7, 11) is 0. The van der Waals surface area contributed by atoms with Gasteiger partial charge in [0.2, 0.25) is 0 Å². The lowest BCUT2D eigenvalue weighted by atomic mass is 9.90. The van der Waals surface area contributed by atoms with Gasteiger partial charge in [0, 0.05) is 26.2 Å². The maximum atomic E-state index is 12.4. The van der Waals surface area contributed by atoms with E-state index in [9.17, 15) is 14.7 Å². The second-order valence-electron chi connectivity index (χ2n) is 5.06. The number of urea groups is 1. The minimum atomic E-state index is -0.926. The molecule has 0 bridgehead atoms. The van der Waals surface area contributed by atoms with Gasteiger partial charge < -0.3 is 20.0 Å². The molecule has 0 fully saturated rings. The minimum absolute atomic E-state index is 0.105. The lowest BCUT2D eigenvalue weighted by Gasteiger charge is -2.36. The lowest BCUT2D eigenvalue weighted by Crippen LogP contribution is -2.48. The van der Waals surface area contributed by atoms with Crippen LogP contribution in [0.25, 0.3) is 0 Å². The molecule has 1 aliphatic rings. The molecule has 0 saturated carbocycles. The van der Waals surface area contributed by atoms with Crippen molar-refractivity contribution in [3.05, 3.63) is 35.4 Å². The number of hydrogen-bond donors (Lipinski definition) is 2. The Morgan fingerprint density at radius 3 is 2.71 bits per heavy atom. The Bertz CT molecular complexity index is 532. The highest BCUT2D eigenvalue weighted by molar-refractivity contribution is 5.81. The number of aliphatic carboxylic acids is 1. The molecule has 2 amide bonds. The van der Waals surface area contributed by atoms with Crippen LogP contribution in [0.1, 0.15) is 24.0 Å². The number of hydrogen-bond acceptors (Lipinski definition) is 3. The lowest BCUT2D eigenvalue weighted by molar-refractivity contribution is -0.139. The number of rotatable bonds is 4. The first kappa shape index (κ1) is 15.3. The summed E-state index contributed by atoms with van der Waals surface area (Å²) in [6, 6.07) is 7.09. The second kappa shape index (κ2) is 6.58. The number of fused-ring (bicyclic) bond motifs is 1. The summed E-state index contributed by atoms with van der Waals surface area (Å²) in [6.45, 7) is 3.03.